The molecule has 0 aliphatic rings. The molecule has 0 spiro atoms. The molecule has 1 unspecified atom stereocenters. The predicted octanol–water partition coefficient (Wildman–Crippen LogP) is 6.55. The Labute approximate surface area is 126 Å². The average molecular weight is 272 g/mol. The Bertz CT molecular complexity index is 442. The molecule has 0 saturated heterocycles. The number of hydrogen-bond acceptors (Lipinski definition) is 0. The van der Waals surface area contributed by atoms with Crippen molar-refractivity contribution in [2.24, 2.45) is 0 Å². The Morgan fingerprint density at radius 3 is 2.15 bits per heavy atom. The molecule has 1 aromatic rings. The molecule has 0 amide bonds. The summed E-state index contributed by atoms with van der Waals surface area (Å²) in [5.74, 6) is 0.455. The van der Waals surface area contributed by atoms with Gasteiger partial charge in [0.1, 0.15) is 0 Å². The van der Waals surface area contributed by atoms with Crippen LogP contribution in [0.25, 0.3) is 0 Å². The van der Waals surface area contributed by atoms with Gasteiger partial charge in [0.2, 0.25) is 0 Å². The molecule has 1 aromatic carbocycles. The highest BCUT2D eigenvalue weighted by Gasteiger charge is 2.19. The third-order valence-corrected chi connectivity index (χ3v) is 3.21. The minimum absolute atomic E-state index is 0.198. The number of hydrogen-bond donors (Lipinski definition) is 0. The smallest absolute Gasteiger partial charge is 0.000438 e. The summed E-state index contributed by atoms with van der Waals surface area (Å²) in [6.45, 7) is 17.3. The highest BCUT2D eigenvalue weighted by molar-refractivity contribution is 5.40. The van der Waals surface area contributed by atoms with E-state index < -0.39 is 0 Å². The Morgan fingerprint density at radius 1 is 1.05 bits per heavy atom. The minimum Gasteiger partial charge on any atom is -0.0877 e. The SMILES string of the molecule is C/C=C\C=C/C(C)c1ccc(C)cc1C(C)(C)C.CC. The summed E-state index contributed by atoms with van der Waals surface area (Å²) < 4.78 is 0. The van der Waals surface area contributed by atoms with E-state index in [1.165, 1.54) is 16.7 Å². The van der Waals surface area contributed by atoms with Crippen LogP contribution in [-0.4, -0.2) is 0 Å². The van der Waals surface area contributed by atoms with E-state index in [-0.39, 0.29) is 5.41 Å². The van der Waals surface area contributed by atoms with Crippen molar-refractivity contribution in [1.29, 1.82) is 0 Å². The van der Waals surface area contributed by atoms with Crippen LogP contribution in [0.15, 0.2) is 42.5 Å². The predicted molar refractivity (Wildman–Crippen MR) is 93.6 cm³/mol. The van der Waals surface area contributed by atoms with E-state index in [0.29, 0.717) is 5.92 Å². The molecule has 0 saturated carbocycles. The normalized spacial score (nSPS) is 13.4. The van der Waals surface area contributed by atoms with Crippen LogP contribution in [0.1, 0.15) is 71.1 Å². The van der Waals surface area contributed by atoms with Crippen LogP contribution >= 0.6 is 0 Å². The molecule has 0 aliphatic carbocycles. The van der Waals surface area contributed by atoms with Gasteiger partial charge in [-0.25, -0.2) is 0 Å². The summed E-state index contributed by atoms with van der Waals surface area (Å²) in [5, 5.41) is 0. The highest BCUT2D eigenvalue weighted by Crippen LogP contribution is 2.31. The molecule has 0 nitrogen and oxygen atoms in total. The first-order valence-corrected chi connectivity index (χ1v) is 7.76. The van der Waals surface area contributed by atoms with E-state index in [0.717, 1.165) is 0 Å². The van der Waals surface area contributed by atoms with Crippen LogP contribution in [-0.2, 0) is 5.41 Å². The number of benzene rings is 1. The van der Waals surface area contributed by atoms with Crippen LogP contribution in [0.5, 0.6) is 0 Å². The Morgan fingerprint density at radius 2 is 1.65 bits per heavy atom. The number of rotatable bonds is 3. The first-order valence-electron chi connectivity index (χ1n) is 7.76. The van der Waals surface area contributed by atoms with Crippen LogP contribution in [0.2, 0.25) is 0 Å². The minimum atomic E-state index is 0.198. The van der Waals surface area contributed by atoms with Crippen LogP contribution in [0, 0.1) is 6.92 Å². The van der Waals surface area contributed by atoms with Crippen molar-refractivity contribution in [2.75, 3.05) is 0 Å². The van der Waals surface area contributed by atoms with Gasteiger partial charge in [0.15, 0.2) is 0 Å². The summed E-state index contributed by atoms with van der Waals surface area (Å²) in [6, 6.07) is 6.82. The molecule has 0 bridgehead atoms. The molecule has 1 atom stereocenters. The van der Waals surface area contributed by atoms with Gasteiger partial charge in [-0.1, -0.05) is 89.6 Å². The second-order valence-corrected chi connectivity index (χ2v) is 6.04. The van der Waals surface area contributed by atoms with E-state index in [1.807, 2.05) is 20.8 Å². The summed E-state index contributed by atoms with van der Waals surface area (Å²) in [6.07, 6.45) is 8.54. The Balaban J connectivity index is 0.00000172. The molecule has 0 aliphatic heterocycles. The zero-order chi connectivity index (χ0) is 15.8. The maximum atomic E-state index is 2.33. The fourth-order valence-electron chi connectivity index (χ4n) is 2.16. The van der Waals surface area contributed by atoms with Gasteiger partial charge in [-0.05, 0) is 36.3 Å². The summed E-state index contributed by atoms with van der Waals surface area (Å²) >= 11 is 0. The third-order valence-electron chi connectivity index (χ3n) is 3.21. The van der Waals surface area contributed by atoms with Crippen molar-refractivity contribution >= 4 is 0 Å². The topological polar surface area (TPSA) is 0 Å². The van der Waals surface area contributed by atoms with Crippen LogP contribution < -0.4 is 0 Å². The van der Waals surface area contributed by atoms with Gasteiger partial charge in [-0.2, -0.15) is 0 Å². The van der Waals surface area contributed by atoms with Gasteiger partial charge >= 0.3 is 0 Å². The van der Waals surface area contributed by atoms with Crippen LogP contribution in [0.4, 0.5) is 0 Å². The van der Waals surface area contributed by atoms with Gasteiger partial charge < -0.3 is 0 Å². The van der Waals surface area contributed by atoms with Crippen molar-refractivity contribution in [2.45, 2.75) is 66.7 Å². The number of allylic oxidation sites excluding steroid dienone is 4. The van der Waals surface area contributed by atoms with Gasteiger partial charge in [0.05, 0.1) is 0 Å². The highest BCUT2D eigenvalue weighted by atomic mass is 14.2. The summed E-state index contributed by atoms with van der Waals surface area (Å²) in [4.78, 5) is 0. The largest absolute Gasteiger partial charge is 0.0877 e. The second-order valence-electron chi connectivity index (χ2n) is 6.04. The monoisotopic (exact) mass is 272 g/mol. The quantitative estimate of drug-likeness (QED) is 0.547. The average Bonchev–Trinajstić information content (AvgIpc) is 2.40. The standard InChI is InChI=1S/C18H26.C2H6/c1-7-8-9-10-15(3)16-12-11-14(2)13-17(16)18(4,5)6;1-2/h7-13,15H,1-6H3;1-2H3/b8-7-,10-9-;. The fourth-order valence-corrected chi connectivity index (χ4v) is 2.16. The maximum Gasteiger partial charge on any atom is -0.000438 e. The lowest BCUT2D eigenvalue weighted by Gasteiger charge is -2.25. The van der Waals surface area contributed by atoms with E-state index in [4.69, 9.17) is 0 Å². The Kier molecular flexibility index (Phi) is 8.22. The van der Waals surface area contributed by atoms with Crippen molar-refractivity contribution in [3.8, 4) is 0 Å². The zero-order valence-electron chi connectivity index (χ0n) is 14.6. The molecule has 0 heterocycles. The molecule has 20 heavy (non-hydrogen) atoms. The lowest BCUT2D eigenvalue weighted by atomic mass is 9.79. The van der Waals surface area contributed by atoms with Gasteiger partial charge in [0, 0.05) is 0 Å². The molecule has 0 aromatic heterocycles. The number of aryl methyl sites for hydroxylation is 1. The van der Waals surface area contributed by atoms with Crippen molar-refractivity contribution in [1.82, 2.24) is 0 Å². The van der Waals surface area contributed by atoms with Crippen molar-refractivity contribution in [3.05, 3.63) is 59.2 Å². The molecule has 0 radical (unpaired) electrons. The van der Waals surface area contributed by atoms with Gasteiger partial charge in [0.25, 0.3) is 0 Å². The molecule has 0 N–H and O–H groups in total. The van der Waals surface area contributed by atoms with Crippen molar-refractivity contribution in [3.63, 3.8) is 0 Å². The maximum absolute atomic E-state index is 2.33. The van der Waals surface area contributed by atoms with E-state index in [1.54, 1.807) is 0 Å². The van der Waals surface area contributed by atoms with E-state index in [2.05, 4.69) is 77.1 Å². The molecule has 0 fully saturated rings. The van der Waals surface area contributed by atoms with E-state index in [9.17, 15) is 0 Å². The third kappa shape index (κ3) is 5.77. The zero-order valence-corrected chi connectivity index (χ0v) is 14.6. The molecular formula is C20H32. The summed E-state index contributed by atoms with van der Waals surface area (Å²) in [7, 11) is 0. The van der Waals surface area contributed by atoms with Gasteiger partial charge in [-0.3, -0.25) is 0 Å². The molecular weight excluding hydrogens is 240 g/mol. The molecule has 0 heteroatoms. The van der Waals surface area contributed by atoms with Gasteiger partial charge in [-0.15, -0.1) is 0 Å². The summed E-state index contributed by atoms with van der Waals surface area (Å²) in [5.41, 5.74) is 4.44. The van der Waals surface area contributed by atoms with E-state index >= 15 is 0 Å². The van der Waals surface area contributed by atoms with Crippen LogP contribution in [0.3, 0.4) is 0 Å². The first-order chi connectivity index (χ1) is 9.36. The van der Waals surface area contributed by atoms with Crippen molar-refractivity contribution < 1.29 is 0 Å². The lowest BCUT2D eigenvalue weighted by molar-refractivity contribution is 0.579. The molecule has 112 valence electrons. The first kappa shape index (κ1) is 18.7. The fraction of sp³-hybridized carbons (Fsp3) is 0.500. The second kappa shape index (κ2) is 8.79. The Hall–Kier alpha value is -1.30. The lowest BCUT2D eigenvalue weighted by Crippen LogP contribution is -2.15. The molecule has 1 rings (SSSR count).